The molecule has 0 saturated carbocycles. The molecule has 8 aromatic carbocycles. The van der Waals surface area contributed by atoms with E-state index in [-0.39, 0.29) is 0 Å². The van der Waals surface area contributed by atoms with Crippen LogP contribution in [0, 0.1) is 0 Å². The van der Waals surface area contributed by atoms with Crippen molar-refractivity contribution < 1.29 is 0 Å². The van der Waals surface area contributed by atoms with Crippen LogP contribution in [0.3, 0.4) is 0 Å². The van der Waals surface area contributed by atoms with E-state index in [0.717, 1.165) is 5.69 Å². The summed E-state index contributed by atoms with van der Waals surface area (Å²) in [5.74, 6) is 0. The lowest BCUT2D eigenvalue weighted by molar-refractivity contribution is 1.18. The minimum Gasteiger partial charge on any atom is -0.309 e. The molecule has 0 saturated heterocycles. The zero-order valence-electron chi connectivity index (χ0n) is 28.0. The van der Waals surface area contributed by atoms with Crippen molar-refractivity contribution in [3.05, 3.63) is 206 Å². The molecule has 0 fully saturated rings. The van der Waals surface area contributed by atoms with Crippen LogP contribution in [0.15, 0.2) is 206 Å². The monoisotopic (exact) mass is 666 g/mol. The molecule has 2 heterocycles. The Labute approximate surface area is 298 Å². The Kier molecular flexibility index (Phi) is 6.86. The summed E-state index contributed by atoms with van der Waals surface area (Å²) >= 11 is 0. The number of fused-ring (bicyclic) bond motifs is 7. The van der Waals surface area contributed by atoms with Gasteiger partial charge in [-0.05, 0) is 57.1 Å². The molecule has 10 aromatic rings. The second-order valence-corrected chi connectivity index (χ2v) is 17.0. The zero-order valence-corrected chi connectivity index (χ0v) is 29.0. The molecule has 10 rings (SSSR count). The van der Waals surface area contributed by atoms with Gasteiger partial charge in [-0.25, -0.2) is 0 Å². The van der Waals surface area contributed by atoms with Gasteiger partial charge in [0.25, 0.3) is 0 Å². The Morgan fingerprint density at radius 3 is 1.39 bits per heavy atom. The fourth-order valence-corrected chi connectivity index (χ4v) is 13.6. The summed E-state index contributed by atoms with van der Waals surface area (Å²) in [5.41, 5.74) is 7.24. The number of nitrogens with zero attached hydrogens (tertiary/aromatic N) is 2. The van der Waals surface area contributed by atoms with Gasteiger partial charge in [0.15, 0.2) is 8.07 Å². The van der Waals surface area contributed by atoms with Crippen LogP contribution in [0.25, 0.3) is 55.0 Å². The normalized spacial score (nSPS) is 11.9. The summed E-state index contributed by atoms with van der Waals surface area (Å²) in [6.45, 7) is 0. The van der Waals surface area contributed by atoms with Gasteiger partial charge in [-0.1, -0.05) is 170 Å². The van der Waals surface area contributed by atoms with Gasteiger partial charge in [0.05, 0.1) is 22.1 Å². The van der Waals surface area contributed by atoms with Crippen LogP contribution in [0.2, 0.25) is 0 Å². The Bertz CT molecular complexity index is 2740. The molecule has 240 valence electrons. The van der Waals surface area contributed by atoms with Crippen LogP contribution in [0.1, 0.15) is 0 Å². The minimum absolute atomic E-state index is 1.16. The lowest BCUT2D eigenvalue weighted by Gasteiger charge is -2.36. The van der Waals surface area contributed by atoms with Crippen molar-refractivity contribution in [2.45, 2.75) is 0 Å². The fourth-order valence-electron chi connectivity index (χ4n) is 8.63. The molecule has 0 aliphatic heterocycles. The maximum absolute atomic E-state index is 2.87. The average molecular weight is 667 g/mol. The first-order valence-electron chi connectivity index (χ1n) is 17.6. The van der Waals surface area contributed by atoms with Crippen molar-refractivity contribution in [1.29, 1.82) is 0 Å². The molecule has 0 bridgehead atoms. The van der Waals surface area contributed by atoms with Gasteiger partial charge in [0, 0.05) is 32.9 Å². The molecule has 0 aliphatic carbocycles. The molecule has 0 N–H and O–H groups in total. The van der Waals surface area contributed by atoms with E-state index in [4.69, 9.17) is 0 Å². The molecule has 3 heteroatoms. The second kappa shape index (κ2) is 11.9. The van der Waals surface area contributed by atoms with Gasteiger partial charge in [0.2, 0.25) is 0 Å². The minimum atomic E-state index is -2.87. The number of para-hydroxylation sites is 4. The average Bonchev–Trinajstić information content (AvgIpc) is 3.73. The Morgan fingerprint density at radius 2 is 0.784 bits per heavy atom. The maximum Gasteiger partial charge on any atom is 0.181 e. The van der Waals surface area contributed by atoms with Crippen LogP contribution in [0.4, 0.5) is 0 Å². The van der Waals surface area contributed by atoms with Crippen molar-refractivity contribution >= 4 is 72.4 Å². The summed E-state index contributed by atoms with van der Waals surface area (Å²) in [7, 11) is -2.87. The van der Waals surface area contributed by atoms with Crippen molar-refractivity contribution in [2.24, 2.45) is 0 Å². The van der Waals surface area contributed by atoms with Gasteiger partial charge >= 0.3 is 0 Å². The Balaban J connectivity index is 1.41. The molecule has 0 radical (unpaired) electrons. The first-order valence-corrected chi connectivity index (χ1v) is 19.6. The van der Waals surface area contributed by atoms with Gasteiger partial charge in [-0.3, -0.25) is 0 Å². The SMILES string of the molecule is c1ccc(-n2c3ccccc3c3c2ccc2c4ccccc4n(-c4ccccc4[Si](c4ccccc4)(c4ccccc4)c4ccccc4)c23)cc1. The van der Waals surface area contributed by atoms with E-state index < -0.39 is 8.07 Å². The van der Waals surface area contributed by atoms with E-state index in [1.54, 1.807) is 0 Å². The van der Waals surface area contributed by atoms with Crippen molar-refractivity contribution in [3.63, 3.8) is 0 Å². The number of hydrogen-bond donors (Lipinski definition) is 0. The third kappa shape index (κ3) is 4.35. The first-order chi connectivity index (χ1) is 25.4. The van der Waals surface area contributed by atoms with E-state index in [1.165, 1.54) is 70.0 Å². The van der Waals surface area contributed by atoms with Crippen molar-refractivity contribution in [2.75, 3.05) is 0 Å². The summed E-state index contributed by atoms with van der Waals surface area (Å²) < 4.78 is 5.01. The smallest absolute Gasteiger partial charge is 0.181 e. The fraction of sp³-hybridized carbons (Fsp3) is 0. The molecular weight excluding hydrogens is 633 g/mol. The quantitative estimate of drug-likeness (QED) is 0.124. The van der Waals surface area contributed by atoms with Gasteiger partial charge in [0.1, 0.15) is 0 Å². The summed E-state index contributed by atoms with van der Waals surface area (Å²) in [6.07, 6.45) is 0. The number of hydrogen-bond acceptors (Lipinski definition) is 0. The van der Waals surface area contributed by atoms with E-state index >= 15 is 0 Å². The van der Waals surface area contributed by atoms with Gasteiger partial charge in [-0.15, -0.1) is 0 Å². The van der Waals surface area contributed by atoms with Gasteiger partial charge in [-0.2, -0.15) is 0 Å². The van der Waals surface area contributed by atoms with E-state index in [2.05, 4.69) is 215 Å². The predicted molar refractivity (Wildman–Crippen MR) is 219 cm³/mol. The predicted octanol–water partition coefficient (Wildman–Crippen LogP) is 9.26. The van der Waals surface area contributed by atoms with Crippen molar-refractivity contribution in [3.8, 4) is 11.4 Å². The van der Waals surface area contributed by atoms with Crippen LogP contribution in [-0.2, 0) is 0 Å². The third-order valence-corrected chi connectivity index (χ3v) is 15.5. The van der Waals surface area contributed by atoms with E-state index in [1.807, 2.05) is 0 Å². The second-order valence-electron chi connectivity index (χ2n) is 13.3. The highest BCUT2D eigenvalue weighted by Gasteiger charge is 2.43. The summed E-state index contributed by atoms with van der Waals surface area (Å²) in [4.78, 5) is 0. The Hall–Kier alpha value is -6.42. The number of aromatic nitrogens is 2. The first kappa shape index (κ1) is 29.5. The molecule has 51 heavy (non-hydrogen) atoms. The highest BCUT2D eigenvalue weighted by atomic mass is 28.3. The lowest BCUT2D eigenvalue weighted by atomic mass is 10.1. The molecule has 2 nitrogen and oxygen atoms in total. The van der Waals surface area contributed by atoms with E-state index in [9.17, 15) is 0 Å². The highest BCUT2D eigenvalue weighted by molar-refractivity contribution is 7.20. The molecule has 0 unspecified atom stereocenters. The van der Waals surface area contributed by atoms with Crippen LogP contribution in [-0.4, -0.2) is 17.2 Å². The summed E-state index contributed by atoms with van der Waals surface area (Å²) in [5, 5.41) is 10.5. The standard InChI is InChI=1S/C48H34N2Si/c1-5-19-35(20-6-1)49-43-30-16-14-28-41(43)47-45(49)34-33-40-39-27-13-15-29-42(39)50(48(40)47)44-31-17-18-32-46(44)51(36-21-7-2-8-22-36,37-23-9-3-10-24-37)38-25-11-4-12-26-38/h1-34H. The maximum atomic E-state index is 2.58. The third-order valence-electron chi connectivity index (χ3n) is 10.7. The van der Waals surface area contributed by atoms with Crippen LogP contribution in [0.5, 0.6) is 0 Å². The molecule has 0 amide bonds. The largest absolute Gasteiger partial charge is 0.309 e. The summed E-state index contributed by atoms with van der Waals surface area (Å²) in [6, 6.07) is 76.2. The van der Waals surface area contributed by atoms with Crippen LogP contribution < -0.4 is 20.7 Å². The molecule has 0 spiro atoms. The van der Waals surface area contributed by atoms with Crippen molar-refractivity contribution in [1.82, 2.24) is 9.13 Å². The zero-order chi connectivity index (χ0) is 33.8. The van der Waals surface area contributed by atoms with E-state index in [0.29, 0.717) is 0 Å². The number of benzene rings is 8. The molecule has 0 atom stereocenters. The van der Waals surface area contributed by atoms with Gasteiger partial charge < -0.3 is 9.13 Å². The molecule has 2 aromatic heterocycles. The van der Waals surface area contributed by atoms with Crippen LogP contribution >= 0.6 is 0 Å². The number of rotatable bonds is 6. The topological polar surface area (TPSA) is 9.86 Å². The Morgan fingerprint density at radius 1 is 0.314 bits per heavy atom. The molecule has 0 aliphatic rings. The lowest BCUT2D eigenvalue weighted by Crippen LogP contribution is -2.75. The highest BCUT2D eigenvalue weighted by Crippen LogP contribution is 2.41. The molecular formula is C48H34N2Si.